The quantitative estimate of drug-likeness (QED) is 0.344. The van der Waals surface area contributed by atoms with E-state index in [-0.39, 0.29) is 17.8 Å². The van der Waals surface area contributed by atoms with Gasteiger partial charge in [-0.25, -0.2) is 4.39 Å². The Balaban J connectivity index is 1.62. The number of rotatable bonds is 5. The number of aromatic nitrogens is 3. The lowest BCUT2D eigenvalue weighted by molar-refractivity contribution is -0.132. The molecule has 7 nitrogen and oxygen atoms in total. The second kappa shape index (κ2) is 9.24. The third-order valence-electron chi connectivity index (χ3n) is 6.07. The minimum absolute atomic E-state index is 0.150. The van der Waals surface area contributed by atoms with Crippen molar-refractivity contribution in [3.8, 4) is 16.9 Å². The Morgan fingerprint density at radius 3 is 2.31 bits per heavy atom. The van der Waals surface area contributed by atoms with Gasteiger partial charge < -0.3 is 15.4 Å². The molecule has 3 unspecified atom stereocenters. The minimum atomic E-state index is -0.783. The summed E-state index contributed by atoms with van der Waals surface area (Å²) in [5.74, 6) is -0.502. The molecule has 35 heavy (non-hydrogen) atoms. The number of halogens is 2. The highest BCUT2D eigenvalue weighted by molar-refractivity contribution is 9.10. The third kappa shape index (κ3) is 4.44. The molecule has 3 aromatic carbocycles. The molecule has 0 radical (unpaired) electrons. The summed E-state index contributed by atoms with van der Waals surface area (Å²) < 4.78 is 20.7. The van der Waals surface area contributed by atoms with Crippen LogP contribution in [0.1, 0.15) is 37.4 Å². The highest BCUT2D eigenvalue weighted by atomic mass is 79.9. The van der Waals surface area contributed by atoms with Gasteiger partial charge in [-0.15, -0.1) is 10.2 Å². The molecule has 1 saturated heterocycles. The summed E-state index contributed by atoms with van der Waals surface area (Å²) in [4.78, 5) is 16.4. The zero-order valence-electron chi connectivity index (χ0n) is 19.1. The van der Waals surface area contributed by atoms with E-state index in [4.69, 9.17) is 20.7 Å². The van der Waals surface area contributed by atoms with Crippen molar-refractivity contribution in [2.45, 2.75) is 32.2 Å². The normalized spacial score (nSPS) is 18.7. The van der Waals surface area contributed by atoms with E-state index in [1.807, 2.05) is 43.3 Å². The first-order valence-electron chi connectivity index (χ1n) is 11.1. The van der Waals surface area contributed by atoms with E-state index < -0.39 is 12.3 Å². The van der Waals surface area contributed by atoms with Crippen LogP contribution in [0.4, 0.5) is 10.1 Å². The molecule has 1 amide bonds. The molecule has 0 saturated carbocycles. The topological polar surface area (TPSA) is 86.3 Å². The molecule has 1 fully saturated rings. The van der Waals surface area contributed by atoms with Crippen molar-refractivity contribution in [1.82, 2.24) is 19.9 Å². The van der Waals surface area contributed by atoms with Crippen molar-refractivity contribution in [1.29, 1.82) is 0 Å². The van der Waals surface area contributed by atoms with Crippen molar-refractivity contribution in [3.05, 3.63) is 94.3 Å². The molecule has 9 heteroatoms. The molecule has 0 spiro atoms. The molecule has 0 aliphatic carbocycles. The average Bonchev–Trinajstić information content (AvgIpc) is 3.41. The summed E-state index contributed by atoms with van der Waals surface area (Å²) in [5, 5.41) is 9.47. The molecule has 1 aromatic heterocycles. The van der Waals surface area contributed by atoms with Gasteiger partial charge in [0.2, 0.25) is 0 Å². The van der Waals surface area contributed by atoms with Gasteiger partial charge >= 0.3 is 0 Å². The first kappa shape index (κ1) is 23.2. The number of amides is 1. The zero-order valence-corrected chi connectivity index (χ0v) is 20.7. The van der Waals surface area contributed by atoms with Crippen molar-refractivity contribution in [3.63, 3.8) is 0 Å². The Bertz CT molecular complexity index is 1360. The molecule has 2 N–H and O–H groups in total. The van der Waals surface area contributed by atoms with Crippen LogP contribution in [0.2, 0.25) is 0 Å². The largest absolute Gasteiger partial charge is 0.399 e. The van der Waals surface area contributed by atoms with Gasteiger partial charge in [-0.1, -0.05) is 28.1 Å². The third-order valence-corrected chi connectivity index (χ3v) is 6.60. The Labute approximate surface area is 210 Å². The van der Waals surface area contributed by atoms with E-state index in [1.165, 1.54) is 16.9 Å². The number of hydrogen-bond acceptors (Lipinski definition) is 5. The fourth-order valence-corrected chi connectivity index (χ4v) is 4.42. The smallest absolute Gasteiger partial charge is 0.254 e. The number of anilines is 1. The van der Waals surface area contributed by atoms with Gasteiger partial charge in [-0.2, -0.15) is 4.80 Å². The highest BCUT2D eigenvalue weighted by Crippen LogP contribution is 2.40. The molecular weight excluding hydrogens is 513 g/mol. The van der Waals surface area contributed by atoms with Crippen LogP contribution in [-0.4, -0.2) is 31.9 Å². The first-order chi connectivity index (χ1) is 16.8. The van der Waals surface area contributed by atoms with Crippen molar-refractivity contribution < 1.29 is 13.9 Å². The van der Waals surface area contributed by atoms with Crippen LogP contribution in [-0.2, 0) is 9.53 Å². The number of nitrogens with zero attached hydrogens (tertiary/aromatic N) is 4. The van der Waals surface area contributed by atoms with E-state index in [1.54, 1.807) is 36.1 Å². The molecule has 3 atom stereocenters. The predicted molar refractivity (Wildman–Crippen MR) is 134 cm³/mol. The van der Waals surface area contributed by atoms with E-state index >= 15 is 0 Å². The van der Waals surface area contributed by atoms with Crippen LogP contribution < -0.4 is 5.73 Å². The second-order valence-electron chi connectivity index (χ2n) is 8.43. The summed E-state index contributed by atoms with van der Waals surface area (Å²) in [6.45, 7) is 3.66. The fraction of sp³-hybridized carbons (Fsp3) is 0.192. The maximum Gasteiger partial charge on any atom is 0.254 e. The SMILES string of the molecule is CC1OC(c2nn(-c3ccc(Br)cc3)nc2-c2ccc(F)cc2)N(C(C)c2ccc(N)cc2)C1=O. The molecule has 178 valence electrons. The first-order valence-corrected chi connectivity index (χ1v) is 11.9. The van der Waals surface area contributed by atoms with Gasteiger partial charge in [0.05, 0.1) is 11.7 Å². The number of ether oxygens (including phenoxy) is 1. The number of carbonyl (C=O) groups is 1. The second-order valence-corrected chi connectivity index (χ2v) is 9.34. The average molecular weight is 536 g/mol. The van der Waals surface area contributed by atoms with E-state index in [9.17, 15) is 9.18 Å². The van der Waals surface area contributed by atoms with Gasteiger partial charge in [0.15, 0.2) is 6.23 Å². The summed E-state index contributed by atoms with van der Waals surface area (Å²) in [7, 11) is 0. The molecule has 5 rings (SSSR count). The lowest BCUT2D eigenvalue weighted by atomic mass is 10.0. The Kier molecular flexibility index (Phi) is 6.12. The number of nitrogens with two attached hydrogens (primary N) is 1. The number of hydrogen-bond donors (Lipinski definition) is 1. The minimum Gasteiger partial charge on any atom is -0.399 e. The van der Waals surface area contributed by atoms with E-state index in [2.05, 4.69) is 15.9 Å². The van der Waals surface area contributed by atoms with Gasteiger partial charge in [-0.05, 0) is 80.1 Å². The van der Waals surface area contributed by atoms with Gasteiger partial charge in [0, 0.05) is 15.7 Å². The maximum atomic E-state index is 13.7. The number of benzene rings is 3. The fourth-order valence-electron chi connectivity index (χ4n) is 4.16. The van der Waals surface area contributed by atoms with Crippen LogP contribution in [0.3, 0.4) is 0 Å². The van der Waals surface area contributed by atoms with Crippen molar-refractivity contribution in [2.24, 2.45) is 0 Å². The maximum absolute atomic E-state index is 13.7. The summed E-state index contributed by atoms with van der Waals surface area (Å²) in [5.41, 5.74) is 9.80. The molecule has 0 bridgehead atoms. The number of nitrogen functional groups attached to an aromatic ring is 1. The van der Waals surface area contributed by atoms with Crippen molar-refractivity contribution in [2.75, 3.05) is 5.73 Å². The van der Waals surface area contributed by atoms with Crippen LogP contribution >= 0.6 is 15.9 Å². The van der Waals surface area contributed by atoms with E-state index in [0.29, 0.717) is 22.6 Å². The highest BCUT2D eigenvalue weighted by Gasteiger charge is 2.44. The Morgan fingerprint density at radius 1 is 1.00 bits per heavy atom. The summed E-state index contributed by atoms with van der Waals surface area (Å²) in [6.07, 6.45) is -1.44. The molecule has 2 heterocycles. The molecule has 4 aromatic rings. The number of carbonyl (C=O) groups excluding carboxylic acids is 1. The Morgan fingerprint density at radius 2 is 1.66 bits per heavy atom. The Hall–Kier alpha value is -3.56. The van der Waals surface area contributed by atoms with Crippen LogP contribution in [0.25, 0.3) is 16.9 Å². The van der Waals surface area contributed by atoms with Crippen molar-refractivity contribution >= 4 is 27.5 Å². The summed E-state index contributed by atoms with van der Waals surface area (Å²) in [6, 6.07) is 20.7. The lowest BCUT2D eigenvalue weighted by Gasteiger charge is -2.29. The summed E-state index contributed by atoms with van der Waals surface area (Å²) >= 11 is 3.44. The van der Waals surface area contributed by atoms with Gasteiger partial charge in [0.1, 0.15) is 23.3 Å². The zero-order chi connectivity index (χ0) is 24.7. The monoisotopic (exact) mass is 535 g/mol. The van der Waals surface area contributed by atoms with E-state index in [0.717, 1.165) is 15.7 Å². The van der Waals surface area contributed by atoms with Crippen LogP contribution in [0, 0.1) is 5.82 Å². The lowest BCUT2D eigenvalue weighted by Crippen LogP contribution is -2.33. The van der Waals surface area contributed by atoms with Gasteiger partial charge in [-0.3, -0.25) is 4.79 Å². The van der Waals surface area contributed by atoms with Gasteiger partial charge in [0.25, 0.3) is 5.91 Å². The molecule has 1 aliphatic heterocycles. The van der Waals surface area contributed by atoms with Crippen LogP contribution in [0.15, 0.2) is 77.3 Å². The standard InChI is InChI=1S/C26H23BrFN5O2/c1-15(17-5-11-21(29)12-6-17)32-25(34)16(2)35-26(32)24-23(18-3-9-20(28)10-4-18)30-33(31-24)22-13-7-19(27)8-14-22/h3-16,26H,29H2,1-2H3. The molecule has 1 aliphatic rings. The predicted octanol–water partition coefficient (Wildman–Crippen LogP) is 5.43. The van der Waals surface area contributed by atoms with Crippen LogP contribution in [0.5, 0.6) is 0 Å². The molecular formula is C26H23BrFN5O2.